The second-order valence-electron chi connectivity index (χ2n) is 11.6. The molecule has 6 rings (SSSR count). The molecule has 1 aromatic carbocycles. The Kier molecular flexibility index (Phi) is 3.28. The Balaban J connectivity index is 1.59. The first-order valence-electron chi connectivity index (χ1n) is 11.6. The summed E-state index contributed by atoms with van der Waals surface area (Å²) in [5, 5.41) is 14.2. The summed E-state index contributed by atoms with van der Waals surface area (Å²) in [7, 11) is 0. The maximum atomic E-state index is 12.5. The Morgan fingerprint density at radius 1 is 1.10 bits per heavy atom. The highest BCUT2D eigenvalue weighted by Crippen LogP contribution is 2.76. The summed E-state index contributed by atoms with van der Waals surface area (Å²) in [6, 6.07) is 8.86. The quantitative estimate of drug-likeness (QED) is 0.616. The van der Waals surface area contributed by atoms with Gasteiger partial charge in [-0.25, -0.2) is 0 Å². The second kappa shape index (κ2) is 5.28. The van der Waals surface area contributed by atoms with Crippen LogP contribution in [0.25, 0.3) is 0 Å². The average Bonchev–Trinajstić information content (AvgIpc) is 2.76. The number of carboxylic acid groups (broad SMARTS) is 1. The molecular weight excluding hydrogens is 358 g/mol. The lowest BCUT2D eigenvalue weighted by Gasteiger charge is -2.64. The summed E-state index contributed by atoms with van der Waals surface area (Å²) in [5.41, 5.74) is 5.79. The van der Waals surface area contributed by atoms with Crippen LogP contribution in [0.4, 0.5) is 5.69 Å². The lowest BCUT2D eigenvalue weighted by Crippen LogP contribution is -2.59. The van der Waals surface area contributed by atoms with E-state index in [1.807, 2.05) is 0 Å². The number of allylic oxidation sites excluding steroid dienone is 2. The van der Waals surface area contributed by atoms with Crippen LogP contribution in [0.1, 0.15) is 71.3 Å². The molecule has 0 radical (unpaired) electrons. The molecule has 154 valence electrons. The predicted molar refractivity (Wildman–Crippen MR) is 114 cm³/mol. The van der Waals surface area contributed by atoms with Crippen molar-refractivity contribution < 1.29 is 9.90 Å². The van der Waals surface area contributed by atoms with Gasteiger partial charge in [0.25, 0.3) is 0 Å². The molecule has 3 bridgehead atoms. The fourth-order valence-electron chi connectivity index (χ4n) is 9.09. The fourth-order valence-corrected chi connectivity index (χ4v) is 9.09. The number of fused-ring (bicyclic) bond motifs is 5. The number of aliphatic carboxylic acids is 1. The average molecular weight is 392 g/mol. The van der Waals surface area contributed by atoms with Crippen molar-refractivity contribution in [2.24, 2.45) is 33.5 Å². The highest BCUT2D eigenvalue weighted by atomic mass is 16.4. The molecule has 5 aliphatic rings. The van der Waals surface area contributed by atoms with Crippen molar-refractivity contribution in [2.45, 2.75) is 72.1 Å². The van der Waals surface area contributed by atoms with Crippen LogP contribution in [-0.2, 0) is 11.2 Å². The van der Waals surface area contributed by atoms with Crippen molar-refractivity contribution in [1.29, 1.82) is 0 Å². The van der Waals surface area contributed by atoms with Gasteiger partial charge in [-0.1, -0.05) is 38.5 Å². The molecule has 29 heavy (non-hydrogen) atoms. The Morgan fingerprint density at radius 3 is 2.69 bits per heavy atom. The van der Waals surface area contributed by atoms with Crippen LogP contribution < -0.4 is 5.32 Å². The number of anilines is 1. The molecule has 3 heteroatoms. The van der Waals surface area contributed by atoms with Crippen molar-refractivity contribution in [3.63, 3.8) is 0 Å². The van der Waals surface area contributed by atoms with Gasteiger partial charge in [0.2, 0.25) is 0 Å². The number of hydrogen-bond acceptors (Lipinski definition) is 2. The summed E-state index contributed by atoms with van der Waals surface area (Å²) < 4.78 is 0. The topological polar surface area (TPSA) is 49.3 Å². The summed E-state index contributed by atoms with van der Waals surface area (Å²) in [4.78, 5) is 12.5. The molecule has 0 aromatic heterocycles. The summed E-state index contributed by atoms with van der Waals surface area (Å²) in [5.74, 6) is 0.266. The first-order valence-corrected chi connectivity index (χ1v) is 11.6. The largest absolute Gasteiger partial charge is 0.481 e. The van der Waals surface area contributed by atoms with E-state index < -0.39 is 11.4 Å². The Labute approximate surface area is 174 Å². The van der Waals surface area contributed by atoms with Crippen LogP contribution in [0.2, 0.25) is 0 Å². The minimum absolute atomic E-state index is 0.130. The molecule has 2 unspecified atom stereocenters. The van der Waals surface area contributed by atoms with E-state index in [4.69, 9.17) is 0 Å². The van der Waals surface area contributed by atoms with Crippen molar-refractivity contribution in [3.8, 4) is 0 Å². The zero-order valence-corrected chi connectivity index (χ0v) is 18.0. The molecule has 3 fully saturated rings. The molecule has 6 atom stereocenters. The summed E-state index contributed by atoms with van der Waals surface area (Å²) in [6.07, 6.45) is 8.92. The number of para-hydroxylation sites is 1. The third kappa shape index (κ3) is 1.98. The van der Waals surface area contributed by atoms with Gasteiger partial charge in [-0.3, -0.25) is 4.79 Å². The van der Waals surface area contributed by atoms with Gasteiger partial charge in [0, 0.05) is 22.2 Å². The number of benzene rings is 1. The lowest BCUT2D eigenvalue weighted by molar-refractivity contribution is -0.174. The van der Waals surface area contributed by atoms with E-state index in [1.54, 1.807) is 5.57 Å². The van der Waals surface area contributed by atoms with Gasteiger partial charge >= 0.3 is 5.97 Å². The van der Waals surface area contributed by atoms with E-state index in [2.05, 4.69) is 50.4 Å². The van der Waals surface area contributed by atoms with E-state index in [9.17, 15) is 9.90 Å². The minimum Gasteiger partial charge on any atom is -0.481 e. The molecule has 0 amide bonds. The molecule has 3 saturated carbocycles. The van der Waals surface area contributed by atoms with E-state index in [1.165, 1.54) is 42.6 Å². The van der Waals surface area contributed by atoms with E-state index in [0.717, 1.165) is 25.7 Å². The third-order valence-electron chi connectivity index (χ3n) is 10.3. The summed E-state index contributed by atoms with van der Waals surface area (Å²) in [6.45, 7) is 6.99. The van der Waals surface area contributed by atoms with Crippen LogP contribution in [0.15, 0.2) is 35.5 Å². The molecule has 2 N–H and O–H groups in total. The second-order valence-corrected chi connectivity index (χ2v) is 11.6. The third-order valence-corrected chi connectivity index (χ3v) is 10.3. The van der Waals surface area contributed by atoms with Gasteiger partial charge in [0.05, 0.1) is 5.41 Å². The van der Waals surface area contributed by atoms with Crippen LogP contribution in [-0.4, -0.2) is 11.1 Å². The normalized spacial score (nSPS) is 47.0. The Morgan fingerprint density at radius 2 is 1.90 bits per heavy atom. The number of rotatable bonds is 1. The van der Waals surface area contributed by atoms with Gasteiger partial charge in [-0.05, 0) is 86.3 Å². The van der Waals surface area contributed by atoms with E-state index in [-0.39, 0.29) is 22.2 Å². The van der Waals surface area contributed by atoms with Crippen LogP contribution in [0.5, 0.6) is 0 Å². The van der Waals surface area contributed by atoms with Crippen LogP contribution in [0, 0.1) is 33.5 Å². The molecule has 1 aliphatic heterocycles. The van der Waals surface area contributed by atoms with Gasteiger partial charge in [0.1, 0.15) is 0 Å². The predicted octanol–water partition coefficient (Wildman–Crippen LogP) is 6.02. The number of carboxylic acids is 1. The minimum atomic E-state index is -0.597. The van der Waals surface area contributed by atoms with Gasteiger partial charge in [0.15, 0.2) is 0 Å². The maximum Gasteiger partial charge on any atom is 0.309 e. The number of carbonyl (C=O) groups is 1. The maximum absolute atomic E-state index is 12.5. The van der Waals surface area contributed by atoms with Crippen LogP contribution in [0.3, 0.4) is 0 Å². The molecular formula is C26H33NO2. The standard InChI is InChI=1S/C26H33NO2/c1-23-12-9-19-24(2)10-6-11-25(3,22(28)29)20(24)13-17-21(23)27-18-8-5-4-7-16(18)14-26(17,19)15-23/h4-5,7-8,19-20,27H,6,9-15H2,1-3H3,(H,28,29)/t19?,20?,23-,24+,25-,26+/m1/s1. The lowest BCUT2D eigenvalue weighted by atomic mass is 9.39. The van der Waals surface area contributed by atoms with Crippen LogP contribution >= 0.6 is 0 Å². The molecule has 3 nitrogen and oxygen atoms in total. The van der Waals surface area contributed by atoms with Crippen molar-refractivity contribution >= 4 is 11.7 Å². The van der Waals surface area contributed by atoms with Gasteiger partial charge < -0.3 is 10.4 Å². The first-order chi connectivity index (χ1) is 13.7. The Bertz CT molecular complexity index is 965. The van der Waals surface area contributed by atoms with Gasteiger partial charge in [-0.15, -0.1) is 0 Å². The molecule has 4 aliphatic carbocycles. The van der Waals surface area contributed by atoms with E-state index >= 15 is 0 Å². The highest BCUT2D eigenvalue weighted by Gasteiger charge is 2.70. The molecule has 0 saturated heterocycles. The smallest absolute Gasteiger partial charge is 0.309 e. The van der Waals surface area contributed by atoms with Crippen molar-refractivity contribution in [2.75, 3.05) is 5.32 Å². The first kappa shape index (κ1) is 18.0. The zero-order chi connectivity index (χ0) is 20.2. The Hall–Kier alpha value is -1.77. The van der Waals surface area contributed by atoms with E-state index in [0.29, 0.717) is 5.92 Å². The summed E-state index contributed by atoms with van der Waals surface area (Å²) >= 11 is 0. The monoisotopic (exact) mass is 391 g/mol. The molecule has 1 aromatic rings. The highest BCUT2D eigenvalue weighted by molar-refractivity contribution is 5.75. The van der Waals surface area contributed by atoms with Crippen molar-refractivity contribution in [1.82, 2.24) is 0 Å². The van der Waals surface area contributed by atoms with Crippen molar-refractivity contribution in [3.05, 3.63) is 41.1 Å². The number of hydrogen-bond donors (Lipinski definition) is 2. The SMILES string of the molecule is C[C@]12CCC3[C@@]4(Cc5ccccc5NC1=C4CC1[C@@]3(C)CCC[C@@]1(C)C(=O)O)C2. The zero-order valence-electron chi connectivity index (χ0n) is 18.0. The fraction of sp³-hybridized carbons (Fsp3) is 0.654. The number of nitrogens with one attached hydrogen (secondary N) is 1. The molecule has 1 heterocycles. The molecule has 1 spiro atoms. The van der Waals surface area contributed by atoms with Gasteiger partial charge in [-0.2, -0.15) is 0 Å².